The molecule has 0 fully saturated rings. The first-order valence-corrected chi connectivity index (χ1v) is 14.9. The molecule has 1 N–H and O–H groups in total. The first-order valence-electron chi connectivity index (χ1n) is 14.9. The molecule has 1 atom stereocenters. The number of esters is 1. The number of benzene rings is 5. The number of carbonyl (C=O) groups is 1. The largest absolute Gasteiger partial charge is 0.463 e. The Hall–Kier alpha value is -4.83. The average Bonchev–Trinajstić information content (AvgIpc) is 3.03. The zero-order valence-electron chi connectivity index (χ0n) is 24.6. The normalized spacial score (nSPS) is 12.1. The molecule has 0 aliphatic carbocycles. The Kier molecular flexibility index (Phi) is 9.50. The molecule has 0 saturated heterocycles. The molecule has 228 valence electrons. The van der Waals surface area contributed by atoms with Crippen molar-refractivity contribution in [2.45, 2.75) is 51.6 Å². The Morgan fingerprint density at radius 1 is 0.886 bits per heavy atom. The Bertz CT molecular complexity index is 1790. The monoisotopic (exact) mass is 597 g/mol. The van der Waals surface area contributed by atoms with E-state index < -0.39 is 16.0 Å². The maximum Gasteiger partial charge on any atom is 0.305 e. The zero-order chi connectivity index (χ0) is 31.2. The number of nitro groups is 2. The minimum atomic E-state index is -0.805. The van der Waals surface area contributed by atoms with E-state index in [1.165, 1.54) is 50.0 Å². The highest BCUT2D eigenvalue weighted by molar-refractivity contribution is 6.23. The Balaban J connectivity index is 1.06. The third kappa shape index (κ3) is 6.70. The number of hydrogen-bond donors (Lipinski definition) is 1. The molecule has 0 bridgehead atoms. The molecular weight excluding hydrogens is 562 g/mol. The van der Waals surface area contributed by atoms with E-state index in [1.807, 2.05) is 6.92 Å². The first-order chi connectivity index (χ1) is 21.3. The SMILES string of the molecule is CCN(CCCCC(O)COC(=O)CCCc1ccc2ccc3cccc4ccc1c2c34)c1ccc([N+](=O)[O-])cc1[N+](=O)[O-]. The summed E-state index contributed by atoms with van der Waals surface area (Å²) >= 11 is 0. The van der Waals surface area contributed by atoms with Gasteiger partial charge in [-0.25, -0.2) is 0 Å². The van der Waals surface area contributed by atoms with Crippen LogP contribution in [0.1, 0.15) is 44.6 Å². The molecule has 0 aliphatic heterocycles. The van der Waals surface area contributed by atoms with Gasteiger partial charge in [-0.2, -0.15) is 0 Å². The lowest BCUT2D eigenvalue weighted by Gasteiger charge is -2.23. The minimum Gasteiger partial charge on any atom is -0.463 e. The number of aliphatic hydroxyl groups excluding tert-OH is 1. The molecule has 5 aromatic carbocycles. The molecule has 5 aromatic rings. The number of anilines is 1. The molecule has 0 radical (unpaired) electrons. The standard InChI is InChI=1S/C34H35N3O7/c1-2-35(30-19-17-27(36(40)41)21-31(30)37(42)43)20-4-3-10-28(38)22-44-32(39)11-6-7-23-12-13-26-15-14-24-8-5-9-25-16-18-29(23)34(26)33(24)25/h5,8-9,12-19,21,28,38H,2-4,6-7,10-11,20,22H2,1H3. The second-order valence-corrected chi connectivity index (χ2v) is 11.0. The molecule has 10 nitrogen and oxygen atoms in total. The van der Waals surface area contributed by atoms with Crippen LogP contribution in [0, 0.1) is 20.2 Å². The van der Waals surface area contributed by atoms with Crippen molar-refractivity contribution in [1.82, 2.24) is 0 Å². The fraction of sp³-hybridized carbons (Fsp3) is 0.324. The van der Waals surface area contributed by atoms with Gasteiger partial charge in [-0.15, -0.1) is 0 Å². The topological polar surface area (TPSA) is 136 Å². The highest BCUT2D eigenvalue weighted by atomic mass is 16.6. The molecule has 10 heteroatoms. The average molecular weight is 598 g/mol. The number of ether oxygens (including phenoxy) is 1. The van der Waals surface area contributed by atoms with Crippen LogP contribution in [0.2, 0.25) is 0 Å². The fourth-order valence-corrected chi connectivity index (χ4v) is 5.95. The molecule has 0 aliphatic rings. The number of aliphatic hydroxyl groups is 1. The van der Waals surface area contributed by atoms with E-state index >= 15 is 0 Å². The summed E-state index contributed by atoms with van der Waals surface area (Å²) in [4.78, 5) is 35.4. The van der Waals surface area contributed by atoms with Crippen molar-refractivity contribution >= 4 is 55.3 Å². The summed E-state index contributed by atoms with van der Waals surface area (Å²) in [5.41, 5.74) is 0.872. The third-order valence-electron chi connectivity index (χ3n) is 8.19. The first kappa shape index (κ1) is 30.6. The number of nitrogens with zero attached hydrogens (tertiary/aromatic N) is 3. The zero-order valence-corrected chi connectivity index (χ0v) is 24.6. The van der Waals surface area contributed by atoms with E-state index in [2.05, 4.69) is 54.6 Å². The molecular formula is C34H35N3O7. The lowest BCUT2D eigenvalue weighted by atomic mass is 9.90. The van der Waals surface area contributed by atoms with Crippen molar-refractivity contribution in [3.05, 3.63) is 98.6 Å². The second kappa shape index (κ2) is 13.6. The van der Waals surface area contributed by atoms with Crippen LogP contribution in [0.5, 0.6) is 0 Å². The predicted molar refractivity (Wildman–Crippen MR) is 172 cm³/mol. The van der Waals surface area contributed by atoms with Crippen molar-refractivity contribution in [2.24, 2.45) is 0 Å². The highest BCUT2D eigenvalue weighted by Crippen LogP contribution is 2.36. The van der Waals surface area contributed by atoms with Crippen molar-refractivity contribution in [3.63, 3.8) is 0 Å². The van der Waals surface area contributed by atoms with Crippen LogP contribution in [0.4, 0.5) is 17.1 Å². The van der Waals surface area contributed by atoms with Crippen LogP contribution in [0.15, 0.2) is 72.8 Å². The van der Waals surface area contributed by atoms with Crippen LogP contribution in [0.3, 0.4) is 0 Å². The number of unbranched alkanes of at least 4 members (excludes halogenated alkanes) is 1. The smallest absolute Gasteiger partial charge is 0.305 e. The molecule has 0 aromatic heterocycles. The highest BCUT2D eigenvalue weighted by Gasteiger charge is 2.23. The summed E-state index contributed by atoms with van der Waals surface area (Å²) in [5.74, 6) is -0.343. The van der Waals surface area contributed by atoms with Crippen LogP contribution in [0.25, 0.3) is 32.3 Å². The van der Waals surface area contributed by atoms with Gasteiger partial charge in [-0.1, -0.05) is 54.6 Å². The van der Waals surface area contributed by atoms with Crippen LogP contribution >= 0.6 is 0 Å². The summed E-state index contributed by atoms with van der Waals surface area (Å²) in [5, 5.41) is 40.3. The van der Waals surface area contributed by atoms with Crippen molar-refractivity contribution < 1.29 is 24.5 Å². The van der Waals surface area contributed by atoms with Crippen LogP contribution in [-0.2, 0) is 16.0 Å². The molecule has 0 saturated carbocycles. The van der Waals surface area contributed by atoms with Gasteiger partial charge in [0.25, 0.3) is 11.4 Å². The molecule has 5 rings (SSSR count). The van der Waals surface area contributed by atoms with Gasteiger partial charge in [0.1, 0.15) is 12.3 Å². The van der Waals surface area contributed by atoms with Gasteiger partial charge in [0.2, 0.25) is 0 Å². The molecule has 1 unspecified atom stereocenters. The summed E-state index contributed by atoms with van der Waals surface area (Å²) in [6, 6.07) is 22.9. The van der Waals surface area contributed by atoms with Gasteiger partial charge in [0.15, 0.2) is 0 Å². The summed E-state index contributed by atoms with van der Waals surface area (Å²) < 4.78 is 5.33. The lowest BCUT2D eigenvalue weighted by Crippen LogP contribution is -2.25. The van der Waals surface area contributed by atoms with Crippen LogP contribution in [-0.4, -0.2) is 46.7 Å². The summed E-state index contributed by atoms with van der Waals surface area (Å²) in [6.45, 7) is 2.73. The van der Waals surface area contributed by atoms with Crippen molar-refractivity contribution in [3.8, 4) is 0 Å². The third-order valence-corrected chi connectivity index (χ3v) is 8.19. The van der Waals surface area contributed by atoms with Gasteiger partial charge in [0, 0.05) is 25.6 Å². The summed E-state index contributed by atoms with van der Waals surface area (Å²) in [6.07, 6.45) is 2.49. The fourth-order valence-electron chi connectivity index (χ4n) is 5.95. The maximum atomic E-state index is 12.4. The van der Waals surface area contributed by atoms with Gasteiger partial charge in [0.05, 0.1) is 22.0 Å². The van der Waals surface area contributed by atoms with E-state index in [9.17, 15) is 30.1 Å². The number of rotatable bonds is 15. The maximum absolute atomic E-state index is 12.4. The number of non-ortho nitro benzene ring substituents is 1. The van der Waals surface area contributed by atoms with Gasteiger partial charge < -0.3 is 14.7 Å². The van der Waals surface area contributed by atoms with Crippen LogP contribution < -0.4 is 4.90 Å². The molecule has 0 heterocycles. The Morgan fingerprint density at radius 3 is 2.30 bits per heavy atom. The minimum absolute atomic E-state index is 0.0805. The van der Waals surface area contributed by atoms with E-state index in [0.29, 0.717) is 44.5 Å². The predicted octanol–water partition coefficient (Wildman–Crippen LogP) is 7.32. The molecule has 0 amide bonds. The quantitative estimate of drug-likeness (QED) is 0.0436. The van der Waals surface area contributed by atoms with E-state index in [0.717, 1.165) is 12.5 Å². The van der Waals surface area contributed by atoms with Crippen molar-refractivity contribution in [1.29, 1.82) is 0 Å². The second-order valence-electron chi connectivity index (χ2n) is 11.0. The lowest BCUT2D eigenvalue weighted by molar-refractivity contribution is -0.393. The van der Waals surface area contributed by atoms with E-state index in [4.69, 9.17) is 4.74 Å². The van der Waals surface area contributed by atoms with Gasteiger partial charge >= 0.3 is 5.97 Å². The van der Waals surface area contributed by atoms with Gasteiger partial charge in [-0.05, 0) is 83.0 Å². The van der Waals surface area contributed by atoms with E-state index in [-0.39, 0.29) is 30.4 Å². The molecule has 44 heavy (non-hydrogen) atoms. The molecule has 0 spiro atoms. The number of aryl methyl sites for hydroxylation is 1. The summed E-state index contributed by atoms with van der Waals surface area (Å²) in [7, 11) is 0. The van der Waals surface area contributed by atoms with Gasteiger partial charge in [-0.3, -0.25) is 25.0 Å². The Labute approximate surface area is 254 Å². The van der Waals surface area contributed by atoms with E-state index in [1.54, 1.807) is 4.90 Å². The Morgan fingerprint density at radius 2 is 1.59 bits per heavy atom. The number of nitro benzene ring substituents is 2. The number of carbonyl (C=O) groups excluding carboxylic acids is 1. The van der Waals surface area contributed by atoms with Crippen molar-refractivity contribution in [2.75, 3.05) is 24.6 Å². The number of hydrogen-bond acceptors (Lipinski definition) is 8.